The molecule has 3 heterocycles. The summed E-state index contributed by atoms with van der Waals surface area (Å²) in [5.41, 5.74) is 2.51. The molecule has 2 unspecified atom stereocenters. The smallest absolute Gasteiger partial charge is 0.193 e. The zero-order chi connectivity index (χ0) is 17.9. The van der Waals surface area contributed by atoms with Crippen molar-refractivity contribution in [2.45, 2.75) is 25.8 Å². The molecule has 2 atom stereocenters. The van der Waals surface area contributed by atoms with Crippen LogP contribution in [0.15, 0.2) is 53.1 Å². The Labute approximate surface area is 181 Å². The second kappa shape index (κ2) is 9.05. The third-order valence-corrected chi connectivity index (χ3v) is 5.99. The van der Waals surface area contributed by atoms with E-state index in [4.69, 9.17) is 0 Å². The average molecular weight is 495 g/mol. The van der Waals surface area contributed by atoms with Crippen molar-refractivity contribution >= 4 is 46.2 Å². The minimum atomic E-state index is 0. The van der Waals surface area contributed by atoms with Gasteiger partial charge < -0.3 is 10.2 Å². The van der Waals surface area contributed by atoms with Crippen molar-refractivity contribution in [3.8, 4) is 0 Å². The summed E-state index contributed by atoms with van der Waals surface area (Å²) in [4.78, 5) is 12.6. The molecule has 27 heavy (non-hydrogen) atoms. The highest BCUT2D eigenvalue weighted by Crippen LogP contribution is 2.32. The largest absolute Gasteiger partial charge is 0.351 e. The van der Waals surface area contributed by atoms with Gasteiger partial charge in [-0.15, -0.1) is 35.3 Å². The molecular weight excluding hydrogens is 469 g/mol. The summed E-state index contributed by atoms with van der Waals surface area (Å²) >= 11 is 1.66. The molecule has 2 aromatic heterocycles. The number of rotatable bonds is 3. The Kier molecular flexibility index (Phi) is 6.75. The molecule has 5 nitrogen and oxygen atoms in total. The van der Waals surface area contributed by atoms with E-state index in [0.29, 0.717) is 18.4 Å². The highest BCUT2D eigenvalue weighted by atomic mass is 127. The topological polar surface area (TPSA) is 44.9 Å². The number of thiazole rings is 1. The van der Waals surface area contributed by atoms with Crippen molar-refractivity contribution in [2.24, 2.45) is 10.9 Å². The maximum Gasteiger partial charge on any atom is 0.193 e. The van der Waals surface area contributed by atoms with Gasteiger partial charge in [0, 0.05) is 37.9 Å². The third kappa shape index (κ3) is 4.45. The Morgan fingerprint density at radius 1 is 1.33 bits per heavy atom. The predicted molar refractivity (Wildman–Crippen MR) is 123 cm³/mol. The lowest BCUT2D eigenvalue weighted by atomic mass is 9.82. The van der Waals surface area contributed by atoms with Crippen molar-refractivity contribution < 1.29 is 0 Å². The SMILES string of the molecule is CN=C(NCc1cn2ccsc2n1)N1CCC(c2ccccc2)C(C)C1.I. The molecule has 0 radical (unpaired) electrons. The lowest BCUT2D eigenvalue weighted by molar-refractivity contribution is 0.234. The van der Waals surface area contributed by atoms with Crippen LogP contribution in [0.2, 0.25) is 0 Å². The number of halogens is 1. The second-order valence-corrected chi connectivity index (χ2v) is 7.83. The zero-order valence-electron chi connectivity index (χ0n) is 15.7. The van der Waals surface area contributed by atoms with Gasteiger partial charge in [0.05, 0.1) is 12.2 Å². The average Bonchev–Trinajstić information content (AvgIpc) is 3.25. The number of aliphatic imine (C=N–C) groups is 1. The minimum Gasteiger partial charge on any atom is -0.351 e. The third-order valence-electron chi connectivity index (χ3n) is 5.22. The van der Waals surface area contributed by atoms with Crippen LogP contribution in [0.5, 0.6) is 0 Å². The van der Waals surface area contributed by atoms with Crippen LogP contribution in [0.3, 0.4) is 0 Å². The lowest BCUT2D eigenvalue weighted by Crippen LogP contribution is -2.47. The first-order valence-corrected chi connectivity index (χ1v) is 10.0. The van der Waals surface area contributed by atoms with Crippen LogP contribution in [0, 0.1) is 5.92 Å². The molecule has 144 valence electrons. The second-order valence-electron chi connectivity index (χ2n) is 6.96. The van der Waals surface area contributed by atoms with E-state index in [1.54, 1.807) is 11.3 Å². The Hall–Kier alpha value is -1.61. The van der Waals surface area contributed by atoms with E-state index >= 15 is 0 Å². The number of likely N-dealkylation sites (tertiary alicyclic amines) is 1. The number of hydrogen-bond donors (Lipinski definition) is 1. The van der Waals surface area contributed by atoms with Crippen molar-refractivity contribution in [2.75, 3.05) is 20.1 Å². The van der Waals surface area contributed by atoms with Crippen LogP contribution >= 0.6 is 35.3 Å². The Morgan fingerprint density at radius 2 is 2.15 bits per heavy atom. The molecule has 0 aliphatic carbocycles. The van der Waals surface area contributed by atoms with Gasteiger partial charge in [0.15, 0.2) is 10.9 Å². The standard InChI is InChI=1S/C20H25N5S.HI/c1-15-13-24(9-8-18(15)16-6-4-3-5-7-16)19(21-2)22-12-17-14-25-10-11-26-20(25)23-17;/h3-7,10-11,14-15,18H,8-9,12-13H2,1-2H3,(H,21,22);1H. The van der Waals surface area contributed by atoms with Gasteiger partial charge in [0.1, 0.15) is 0 Å². The Morgan fingerprint density at radius 3 is 2.85 bits per heavy atom. The van der Waals surface area contributed by atoms with E-state index in [-0.39, 0.29) is 24.0 Å². The van der Waals surface area contributed by atoms with Gasteiger partial charge in [0.25, 0.3) is 0 Å². The number of hydrogen-bond acceptors (Lipinski definition) is 3. The van der Waals surface area contributed by atoms with E-state index < -0.39 is 0 Å². The first-order chi connectivity index (χ1) is 12.7. The fraction of sp³-hybridized carbons (Fsp3) is 0.400. The van der Waals surface area contributed by atoms with Crippen molar-refractivity contribution in [1.82, 2.24) is 19.6 Å². The highest BCUT2D eigenvalue weighted by Gasteiger charge is 2.28. The van der Waals surface area contributed by atoms with Crippen molar-refractivity contribution in [3.63, 3.8) is 0 Å². The summed E-state index contributed by atoms with van der Waals surface area (Å²) in [6.07, 6.45) is 5.28. The number of benzene rings is 1. The molecule has 3 aromatic rings. The summed E-state index contributed by atoms with van der Waals surface area (Å²) in [5, 5.41) is 5.54. The van der Waals surface area contributed by atoms with Crippen molar-refractivity contribution in [1.29, 1.82) is 0 Å². The first-order valence-electron chi connectivity index (χ1n) is 9.16. The molecule has 1 N–H and O–H groups in total. The quantitative estimate of drug-likeness (QED) is 0.337. The minimum absolute atomic E-state index is 0. The van der Waals surface area contributed by atoms with Gasteiger partial charge >= 0.3 is 0 Å². The lowest BCUT2D eigenvalue weighted by Gasteiger charge is -2.38. The molecule has 0 amide bonds. The molecular formula is C20H26IN5S. The van der Waals surface area contributed by atoms with Crippen LogP contribution in [0.1, 0.15) is 30.5 Å². The molecule has 1 aliphatic rings. The molecule has 1 aromatic carbocycles. The number of nitrogens with one attached hydrogen (secondary N) is 1. The van der Waals surface area contributed by atoms with Gasteiger partial charge in [-0.3, -0.25) is 9.39 Å². The molecule has 1 aliphatic heterocycles. The molecule has 4 rings (SSSR count). The number of guanidine groups is 1. The van der Waals surface area contributed by atoms with Crippen LogP contribution < -0.4 is 5.32 Å². The number of nitrogens with zero attached hydrogens (tertiary/aromatic N) is 4. The maximum atomic E-state index is 4.64. The van der Waals surface area contributed by atoms with Gasteiger partial charge in [-0.25, -0.2) is 4.98 Å². The van der Waals surface area contributed by atoms with Gasteiger partial charge in [-0.2, -0.15) is 0 Å². The van der Waals surface area contributed by atoms with E-state index in [2.05, 4.69) is 73.4 Å². The van der Waals surface area contributed by atoms with Crippen LogP contribution in [-0.2, 0) is 6.54 Å². The van der Waals surface area contributed by atoms with Gasteiger partial charge in [-0.05, 0) is 23.8 Å². The molecule has 1 saturated heterocycles. The number of fused-ring (bicyclic) bond motifs is 1. The van der Waals surface area contributed by atoms with E-state index in [1.165, 1.54) is 5.56 Å². The monoisotopic (exact) mass is 495 g/mol. The predicted octanol–water partition coefficient (Wildman–Crippen LogP) is 4.21. The summed E-state index contributed by atoms with van der Waals surface area (Å²) in [6, 6.07) is 10.9. The van der Waals surface area contributed by atoms with Crippen molar-refractivity contribution in [3.05, 3.63) is 59.4 Å². The van der Waals surface area contributed by atoms with Crippen LogP contribution in [-0.4, -0.2) is 40.4 Å². The maximum absolute atomic E-state index is 4.64. The fourth-order valence-electron chi connectivity index (χ4n) is 3.90. The van der Waals surface area contributed by atoms with E-state index in [0.717, 1.165) is 36.1 Å². The number of aromatic nitrogens is 2. The fourth-order valence-corrected chi connectivity index (χ4v) is 4.62. The van der Waals surface area contributed by atoms with Gasteiger partial charge in [0.2, 0.25) is 0 Å². The molecule has 0 bridgehead atoms. The summed E-state index contributed by atoms with van der Waals surface area (Å²) in [6.45, 7) is 5.11. The normalized spacial score (nSPS) is 20.5. The molecule has 0 spiro atoms. The Balaban J connectivity index is 0.00000210. The van der Waals surface area contributed by atoms with E-state index in [1.807, 2.05) is 13.2 Å². The zero-order valence-corrected chi connectivity index (χ0v) is 18.9. The molecule has 0 saturated carbocycles. The van der Waals surface area contributed by atoms with Crippen LogP contribution in [0.25, 0.3) is 4.96 Å². The number of imidazole rings is 1. The molecule has 1 fully saturated rings. The summed E-state index contributed by atoms with van der Waals surface area (Å²) in [5.74, 6) is 2.20. The summed E-state index contributed by atoms with van der Waals surface area (Å²) in [7, 11) is 1.86. The van der Waals surface area contributed by atoms with E-state index in [9.17, 15) is 0 Å². The summed E-state index contributed by atoms with van der Waals surface area (Å²) < 4.78 is 2.07. The Bertz CT molecular complexity index is 860. The van der Waals surface area contributed by atoms with Gasteiger partial charge in [-0.1, -0.05) is 37.3 Å². The first kappa shape index (κ1) is 20.1. The highest BCUT2D eigenvalue weighted by molar-refractivity contribution is 14.0. The van der Waals surface area contributed by atoms with Crippen LogP contribution in [0.4, 0.5) is 0 Å². The number of piperidine rings is 1. The molecule has 7 heteroatoms.